The number of carbonyl (C=O) groups excluding carboxylic acids is 1. The molecule has 0 unspecified atom stereocenters. The summed E-state index contributed by atoms with van der Waals surface area (Å²) in [4.78, 5) is 29.8. The monoisotopic (exact) mass is 496 g/mol. The maximum absolute atomic E-state index is 13.1. The third-order valence-corrected chi connectivity index (χ3v) is 8.96. The fourth-order valence-corrected chi connectivity index (χ4v) is 6.67. The van der Waals surface area contributed by atoms with Crippen LogP contribution in [0.25, 0.3) is 16.5 Å². The predicted octanol–water partition coefficient (Wildman–Crippen LogP) is 4.55. The zero-order valence-corrected chi connectivity index (χ0v) is 19.6. The number of thiophene rings is 1. The lowest BCUT2D eigenvalue weighted by Crippen LogP contribution is -2.18. The summed E-state index contributed by atoms with van der Waals surface area (Å²) in [6, 6.07) is 15.6. The van der Waals surface area contributed by atoms with E-state index in [1.807, 2.05) is 24.4 Å². The number of pyridine rings is 1. The van der Waals surface area contributed by atoms with Crippen LogP contribution >= 0.6 is 22.9 Å². The van der Waals surface area contributed by atoms with Crippen molar-refractivity contribution in [3.8, 4) is 5.69 Å². The Morgan fingerprint density at radius 2 is 1.88 bits per heavy atom. The molecular formula is C24H17ClN2O4S2. The first-order valence-corrected chi connectivity index (χ1v) is 12.9. The van der Waals surface area contributed by atoms with Gasteiger partial charge in [-0.2, -0.15) is 0 Å². The normalized spacial score (nSPS) is 12.9. The highest BCUT2D eigenvalue weighted by Crippen LogP contribution is 2.29. The molecule has 0 bridgehead atoms. The number of ketones is 1. The number of nitrogens with zero attached hydrogens (tertiary/aromatic N) is 2. The third-order valence-electron chi connectivity index (χ3n) is 5.47. The van der Waals surface area contributed by atoms with E-state index in [1.165, 1.54) is 12.1 Å². The highest BCUT2D eigenvalue weighted by atomic mass is 35.5. The molecule has 1 aliphatic rings. The molecule has 3 heterocycles. The minimum absolute atomic E-state index is 0.0165. The first-order chi connectivity index (χ1) is 15.8. The molecule has 0 radical (unpaired) electrons. The maximum atomic E-state index is 13.1. The maximum Gasteiger partial charge on any atom is 0.262 e. The molecule has 0 saturated carbocycles. The Morgan fingerprint density at radius 1 is 1.09 bits per heavy atom. The van der Waals surface area contributed by atoms with Gasteiger partial charge in [-0.05, 0) is 59.0 Å². The number of hydrogen-bond donors (Lipinski definition) is 0. The van der Waals surface area contributed by atoms with Crippen LogP contribution in [0, 0.1) is 0 Å². The fraction of sp³-hybridized carbons (Fsp3) is 0.125. The van der Waals surface area contributed by atoms with Gasteiger partial charge in [0, 0.05) is 36.3 Å². The second kappa shape index (κ2) is 8.37. The van der Waals surface area contributed by atoms with E-state index >= 15 is 0 Å². The standard InChI is InChI=1S/C24H17ClN2O4S2/c25-22-5-6-23(32-22)33(30,31)14-19(28)11-15-1-3-18(4-2-15)27-10-8-16-13-21-17(7-9-26-21)12-20(16)24(27)29/h1-6,8-10,12-13H,7,11,14H2. The van der Waals surface area contributed by atoms with Crippen molar-refractivity contribution in [2.45, 2.75) is 17.1 Å². The Bertz CT molecular complexity index is 1600. The number of benzene rings is 2. The molecule has 0 spiro atoms. The number of fused-ring (bicyclic) bond motifs is 2. The molecule has 0 saturated heterocycles. The second-order valence-corrected chi connectivity index (χ2v) is 11.7. The van der Waals surface area contributed by atoms with Crippen LogP contribution in [0.4, 0.5) is 5.69 Å². The molecule has 5 rings (SSSR count). The number of aliphatic imine (C=N–C) groups is 1. The van der Waals surface area contributed by atoms with Crippen molar-refractivity contribution in [2.24, 2.45) is 4.99 Å². The molecule has 2 aromatic heterocycles. The van der Waals surface area contributed by atoms with E-state index in [1.54, 1.807) is 35.0 Å². The van der Waals surface area contributed by atoms with Crippen molar-refractivity contribution in [3.05, 3.63) is 86.6 Å². The summed E-state index contributed by atoms with van der Waals surface area (Å²) in [6.07, 6.45) is 4.26. The van der Waals surface area contributed by atoms with Crippen molar-refractivity contribution in [3.63, 3.8) is 0 Å². The Hall–Kier alpha value is -3.07. The van der Waals surface area contributed by atoms with E-state index < -0.39 is 21.4 Å². The zero-order chi connectivity index (χ0) is 23.2. The Kier molecular flexibility index (Phi) is 5.52. The van der Waals surface area contributed by atoms with E-state index in [9.17, 15) is 18.0 Å². The van der Waals surface area contributed by atoms with Crippen LogP contribution in [0.2, 0.25) is 4.34 Å². The largest absolute Gasteiger partial charge is 0.298 e. The van der Waals surface area contributed by atoms with E-state index in [4.69, 9.17) is 11.6 Å². The minimum atomic E-state index is -3.71. The zero-order valence-electron chi connectivity index (χ0n) is 17.2. The van der Waals surface area contributed by atoms with Crippen LogP contribution in [-0.2, 0) is 27.5 Å². The number of Topliss-reactive ketones (excluding diaryl/α,β-unsaturated/α-hetero) is 1. The van der Waals surface area contributed by atoms with E-state index in [0.717, 1.165) is 34.4 Å². The molecule has 1 aliphatic heterocycles. The number of halogens is 1. The van der Waals surface area contributed by atoms with Crippen LogP contribution in [0.5, 0.6) is 0 Å². The molecule has 0 atom stereocenters. The van der Waals surface area contributed by atoms with Crippen molar-refractivity contribution >= 4 is 61.2 Å². The Morgan fingerprint density at radius 3 is 2.61 bits per heavy atom. The summed E-state index contributed by atoms with van der Waals surface area (Å²) < 4.78 is 26.8. The van der Waals surface area contributed by atoms with Crippen LogP contribution in [0.1, 0.15) is 11.1 Å². The van der Waals surface area contributed by atoms with Gasteiger partial charge in [0.05, 0.1) is 10.0 Å². The van der Waals surface area contributed by atoms with Gasteiger partial charge in [-0.15, -0.1) is 11.3 Å². The summed E-state index contributed by atoms with van der Waals surface area (Å²) in [7, 11) is -3.71. The van der Waals surface area contributed by atoms with Crippen molar-refractivity contribution in [1.82, 2.24) is 4.57 Å². The second-order valence-electron chi connectivity index (χ2n) is 7.77. The summed E-state index contributed by atoms with van der Waals surface area (Å²) in [6.45, 7) is 0. The molecule has 0 N–H and O–H groups in total. The lowest BCUT2D eigenvalue weighted by atomic mass is 10.1. The number of carbonyl (C=O) groups is 1. The smallest absolute Gasteiger partial charge is 0.262 e. The summed E-state index contributed by atoms with van der Waals surface area (Å²) in [5, 5.41) is 1.46. The average molecular weight is 497 g/mol. The van der Waals surface area contributed by atoms with Crippen molar-refractivity contribution in [1.29, 1.82) is 0 Å². The molecule has 2 aromatic carbocycles. The van der Waals surface area contributed by atoms with Crippen LogP contribution in [0.15, 0.2) is 74.8 Å². The highest BCUT2D eigenvalue weighted by Gasteiger charge is 2.21. The number of sulfone groups is 1. The summed E-state index contributed by atoms with van der Waals surface area (Å²) in [5.41, 5.74) is 3.14. The minimum Gasteiger partial charge on any atom is -0.298 e. The number of rotatable bonds is 6. The van der Waals surface area contributed by atoms with Gasteiger partial charge in [0.15, 0.2) is 15.6 Å². The molecule has 166 valence electrons. The molecular weight excluding hydrogens is 480 g/mol. The fourth-order valence-electron chi connectivity index (χ4n) is 3.86. The van der Waals surface area contributed by atoms with Gasteiger partial charge in [-0.3, -0.25) is 19.1 Å². The SMILES string of the molecule is O=C(Cc1ccc(-n2ccc3cc4c(cc3c2=O)CC=N4)cc1)CS(=O)(=O)c1ccc(Cl)s1. The number of aromatic nitrogens is 1. The van der Waals surface area contributed by atoms with Crippen LogP contribution in [0.3, 0.4) is 0 Å². The first-order valence-electron chi connectivity index (χ1n) is 10.1. The van der Waals surface area contributed by atoms with Gasteiger partial charge in [-0.25, -0.2) is 8.42 Å². The quantitative estimate of drug-likeness (QED) is 0.392. The molecule has 0 amide bonds. The molecule has 0 fully saturated rings. The summed E-state index contributed by atoms with van der Waals surface area (Å²) in [5.74, 6) is -0.991. The lowest BCUT2D eigenvalue weighted by molar-refractivity contribution is -0.116. The highest BCUT2D eigenvalue weighted by molar-refractivity contribution is 7.94. The lowest BCUT2D eigenvalue weighted by Gasteiger charge is -2.09. The van der Waals surface area contributed by atoms with Crippen molar-refractivity contribution < 1.29 is 13.2 Å². The van der Waals surface area contributed by atoms with E-state index in [-0.39, 0.29) is 16.2 Å². The average Bonchev–Trinajstić information content (AvgIpc) is 3.42. The Labute approximate surface area is 198 Å². The first kappa shape index (κ1) is 21.8. The molecule has 33 heavy (non-hydrogen) atoms. The summed E-state index contributed by atoms with van der Waals surface area (Å²) >= 11 is 6.74. The van der Waals surface area contributed by atoms with Gasteiger partial charge in [0.1, 0.15) is 9.96 Å². The van der Waals surface area contributed by atoms with Gasteiger partial charge >= 0.3 is 0 Å². The number of hydrogen-bond acceptors (Lipinski definition) is 6. The van der Waals surface area contributed by atoms with Crippen LogP contribution < -0.4 is 5.56 Å². The third kappa shape index (κ3) is 4.29. The topological polar surface area (TPSA) is 85.6 Å². The van der Waals surface area contributed by atoms with Gasteiger partial charge in [0.25, 0.3) is 5.56 Å². The molecule has 6 nitrogen and oxygen atoms in total. The van der Waals surface area contributed by atoms with E-state index in [0.29, 0.717) is 21.0 Å². The molecule has 0 aliphatic carbocycles. The Balaban J connectivity index is 1.35. The van der Waals surface area contributed by atoms with Crippen LogP contribution in [-0.4, -0.2) is 30.7 Å². The van der Waals surface area contributed by atoms with Gasteiger partial charge < -0.3 is 0 Å². The molecule has 4 aromatic rings. The van der Waals surface area contributed by atoms with Crippen molar-refractivity contribution in [2.75, 3.05) is 5.75 Å². The molecule has 9 heteroatoms. The van der Waals surface area contributed by atoms with E-state index in [2.05, 4.69) is 4.99 Å². The van der Waals surface area contributed by atoms with Gasteiger partial charge in [-0.1, -0.05) is 23.7 Å². The predicted molar refractivity (Wildman–Crippen MR) is 131 cm³/mol. The van der Waals surface area contributed by atoms with Gasteiger partial charge in [0.2, 0.25) is 0 Å².